The monoisotopic (exact) mass is 642 g/mol. The molecule has 1 aromatic rings. The predicted molar refractivity (Wildman–Crippen MR) is 76.0 cm³/mol. The fraction of sp³-hybridized carbons (Fsp3) is 0.692. The number of alkyl halides is 19. The van der Waals surface area contributed by atoms with E-state index in [1.807, 2.05) is 0 Å². The van der Waals surface area contributed by atoms with Gasteiger partial charge in [-0.15, -0.1) is 0 Å². The smallest absolute Gasteiger partial charge is 0.408 e. The first-order valence-electron chi connectivity index (χ1n) is 7.73. The Bertz CT molecular complexity index is 942. The van der Waals surface area contributed by atoms with E-state index >= 15 is 0 Å². The maximum atomic E-state index is 13.6. The molecule has 0 unspecified atom stereocenters. The van der Waals surface area contributed by atoms with Crippen LogP contribution in [0.4, 0.5) is 83.4 Å². The van der Waals surface area contributed by atoms with Gasteiger partial charge in [0.1, 0.15) is 4.60 Å². The molecule has 3 nitrogen and oxygen atoms in total. The van der Waals surface area contributed by atoms with Crippen LogP contribution in [-0.4, -0.2) is 63.7 Å². The summed E-state index contributed by atoms with van der Waals surface area (Å²) in [5.41, 5.74) is 0. The van der Waals surface area contributed by atoms with Crippen LogP contribution >= 0.6 is 15.9 Å². The lowest BCUT2D eigenvalue weighted by atomic mass is 9.88. The molecule has 210 valence electrons. The van der Waals surface area contributed by atoms with E-state index < -0.39 is 59.6 Å². The van der Waals surface area contributed by atoms with E-state index in [9.17, 15) is 83.4 Å². The zero-order valence-corrected chi connectivity index (χ0v) is 17.1. The van der Waals surface area contributed by atoms with Gasteiger partial charge in [0.25, 0.3) is 0 Å². The standard InChI is InChI=1S/C13H2BrF19N2O/c14-3-1-35-4(2-34-3)36-13(32,33)11(27,28)9(23,24)7(19,20)5(15,16)6(17,18)8(21,22)10(25,26)12(29,30)31/h1-2H. The molecular weight excluding hydrogens is 641 g/mol. The number of halogens is 20. The van der Waals surface area contributed by atoms with Gasteiger partial charge in [-0.2, -0.15) is 83.4 Å². The van der Waals surface area contributed by atoms with Gasteiger partial charge in [0, 0.05) is 0 Å². The van der Waals surface area contributed by atoms with Gasteiger partial charge in [0.15, 0.2) is 0 Å². The molecule has 0 bridgehead atoms. The Labute approximate surface area is 191 Å². The summed E-state index contributed by atoms with van der Waals surface area (Å²) in [5, 5.41) is 0. The van der Waals surface area contributed by atoms with Gasteiger partial charge in [-0.25, -0.2) is 9.97 Å². The zero-order valence-electron chi connectivity index (χ0n) is 15.5. The van der Waals surface area contributed by atoms with E-state index in [1.165, 1.54) is 0 Å². The highest BCUT2D eigenvalue weighted by atomic mass is 79.9. The minimum absolute atomic E-state index is 0.104. The molecule has 0 aliphatic rings. The van der Waals surface area contributed by atoms with Crippen LogP contribution in [0.15, 0.2) is 17.0 Å². The summed E-state index contributed by atoms with van der Waals surface area (Å²) in [6.45, 7) is 0. The van der Waals surface area contributed by atoms with Crippen molar-refractivity contribution in [2.45, 2.75) is 53.7 Å². The molecule has 0 amide bonds. The second-order valence-electron chi connectivity index (χ2n) is 6.31. The molecule has 0 aromatic carbocycles. The van der Waals surface area contributed by atoms with Crippen LogP contribution < -0.4 is 4.74 Å². The number of hydrogen-bond acceptors (Lipinski definition) is 3. The molecular formula is C13H2BrF19N2O. The third kappa shape index (κ3) is 4.27. The minimum Gasteiger partial charge on any atom is -0.408 e. The van der Waals surface area contributed by atoms with Gasteiger partial charge in [-0.1, -0.05) is 0 Å². The summed E-state index contributed by atoms with van der Waals surface area (Å²) < 4.78 is 252. The molecule has 0 atom stereocenters. The summed E-state index contributed by atoms with van der Waals surface area (Å²) >= 11 is 2.48. The molecule has 0 aliphatic carbocycles. The Morgan fingerprint density at radius 3 is 1.11 bits per heavy atom. The fourth-order valence-corrected chi connectivity index (χ4v) is 2.10. The fourth-order valence-electron chi connectivity index (χ4n) is 1.90. The zero-order chi connectivity index (χ0) is 29.2. The second-order valence-corrected chi connectivity index (χ2v) is 7.13. The van der Waals surface area contributed by atoms with Gasteiger partial charge in [-0.3, -0.25) is 0 Å². The van der Waals surface area contributed by atoms with Gasteiger partial charge in [0.05, 0.1) is 12.4 Å². The molecule has 0 radical (unpaired) electrons. The van der Waals surface area contributed by atoms with E-state index in [4.69, 9.17) is 0 Å². The molecule has 36 heavy (non-hydrogen) atoms. The van der Waals surface area contributed by atoms with Crippen molar-refractivity contribution in [1.29, 1.82) is 0 Å². The summed E-state index contributed by atoms with van der Waals surface area (Å²) in [4.78, 5) is 5.60. The number of ether oxygens (including phenoxy) is 1. The van der Waals surface area contributed by atoms with Crippen LogP contribution in [0.5, 0.6) is 5.88 Å². The molecule has 23 heteroatoms. The normalized spacial score (nSPS) is 15.8. The number of rotatable bonds is 9. The Balaban J connectivity index is 3.65. The van der Waals surface area contributed by atoms with E-state index in [-0.39, 0.29) is 10.8 Å². The molecule has 0 N–H and O–H groups in total. The van der Waals surface area contributed by atoms with Crippen molar-refractivity contribution in [2.24, 2.45) is 0 Å². The minimum atomic E-state index is -8.99. The molecule has 0 saturated heterocycles. The number of aromatic nitrogens is 2. The molecule has 0 saturated carbocycles. The van der Waals surface area contributed by atoms with Crippen LogP contribution in [0.1, 0.15) is 0 Å². The molecule has 0 aliphatic heterocycles. The van der Waals surface area contributed by atoms with Crippen LogP contribution in [0.3, 0.4) is 0 Å². The summed E-state index contributed by atoms with van der Waals surface area (Å²) in [6.07, 6.45) is -14.9. The lowest BCUT2D eigenvalue weighted by Gasteiger charge is -2.43. The third-order valence-corrected chi connectivity index (χ3v) is 4.33. The SMILES string of the molecule is FC(F)(F)C(F)(F)C(F)(F)C(F)(F)C(F)(F)C(F)(F)C(F)(F)C(F)(F)C(F)(F)Oc1cnc(Br)cn1. The van der Waals surface area contributed by atoms with E-state index in [0.29, 0.717) is 6.20 Å². The second kappa shape index (κ2) is 8.53. The quantitative estimate of drug-likeness (QED) is 0.267. The predicted octanol–water partition coefficient (Wildman–Crippen LogP) is 7.22. The van der Waals surface area contributed by atoms with E-state index in [2.05, 4.69) is 30.6 Å². The Hall–Kier alpha value is -1.97. The van der Waals surface area contributed by atoms with E-state index in [1.54, 1.807) is 0 Å². The summed E-state index contributed by atoms with van der Waals surface area (Å²) in [5.74, 6) is -62.6. The largest absolute Gasteiger partial charge is 0.472 e. The van der Waals surface area contributed by atoms with Gasteiger partial charge < -0.3 is 4.74 Å². The molecule has 0 spiro atoms. The lowest BCUT2D eigenvalue weighted by Crippen LogP contribution is -2.76. The van der Waals surface area contributed by atoms with Crippen molar-refractivity contribution < 1.29 is 88.2 Å². The van der Waals surface area contributed by atoms with E-state index in [0.717, 1.165) is 0 Å². The Morgan fingerprint density at radius 1 is 0.472 bits per heavy atom. The Kier molecular flexibility index (Phi) is 7.60. The topological polar surface area (TPSA) is 35.0 Å². The molecule has 1 rings (SSSR count). The van der Waals surface area contributed by atoms with Crippen molar-refractivity contribution in [1.82, 2.24) is 9.97 Å². The highest BCUT2D eigenvalue weighted by molar-refractivity contribution is 9.10. The third-order valence-electron chi connectivity index (χ3n) is 3.92. The number of hydrogen-bond donors (Lipinski definition) is 0. The lowest BCUT2D eigenvalue weighted by molar-refractivity contribution is -0.476. The van der Waals surface area contributed by atoms with Crippen molar-refractivity contribution in [3.63, 3.8) is 0 Å². The maximum Gasteiger partial charge on any atom is 0.472 e. The van der Waals surface area contributed by atoms with Crippen molar-refractivity contribution in [3.05, 3.63) is 17.0 Å². The number of nitrogens with zero attached hydrogens (tertiary/aromatic N) is 2. The highest BCUT2D eigenvalue weighted by Crippen LogP contribution is 2.65. The summed E-state index contributed by atoms with van der Waals surface area (Å²) in [7, 11) is 0. The van der Waals surface area contributed by atoms with Gasteiger partial charge in [0.2, 0.25) is 5.88 Å². The average Bonchev–Trinajstić information content (AvgIpc) is 2.67. The summed E-state index contributed by atoms with van der Waals surface area (Å²) in [6, 6.07) is 0. The highest BCUT2D eigenvalue weighted by Gasteiger charge is 2.97. The van der Waals surface area contributed by atoms with Gasteiger partial charge >= 0.3 is 53.7 Å². The Morgan fingerprint density at radius 2 is 0.806 bits per heavy atom. The van der Waals surface area contributed by atoms with Crippen molar-refractivity contribution in [3.8, 4) is 5.88 Å². The van der Waals surface area contributed by atoms with Crippen LogP contribution in [0.25, 0.3) is 0 Å². The average molecular weight is 643 g/mol. The first kappa shape index (κ1) is 32.1. The molecule has 1 heterocycles. The van der Waals surface area contributed by atoms with Crippen LogP contribution in [0, 0.1) is 0 Å². The first-order chi connectivity index (χ1) is 15.5. The maximum absolute atomic E-state index is 13.6. The molecule has 1 aromatic heterocycles. The molecule has 0 fully saturated rings. The van der Waals surface area contributed by atoms with Gasteiger partial charge in [-0.05, 0) is 15.9 Å². The van der Waals surface area contributed by atoms with Crippen LogP contribution in [-0.2, 0) is 0 Å². The van der Waals surface area contributed by atoms with Crippen molar-refractivity contribution in [2.75, 3.05) is 0 Å². The first-order valence-corrected chi connectivity index (χ1v) is 8.52. The van der Waals surface area contributed by atoms with Crippen molar-refractivity contribution >= 4 is 15.9 Å². The van der Waals surface area contributed by atoms with Crippen LogP contribution in [0.2, 0.25) is 0 Å².